The lowest BCUT2D eigenvalue weighted by Crippen LogP contribution is -2.21. The Kier molecular flexibility index (Phi) is 5.59. The Balaban J connectivity index is 2.06. The van der Waals surface area contributed by atoms with Gasteiger partial charge < -0.3 is 10.2 Å². The maximum absolute atomic E-state index is 9.15. The van der Waals surface area contributed by atoms with Crippen LogP contribution in [0.25, 0.3) is 0 Å². The second kappa shape index (κ2) is 7.43. The van der Waals surface area contributed by atoms with E-state index < -0.39 is 0 Å². The van der Waals surface area contributed by atoms with Crippen molar-refractivity contribution in [3.63, 3.8) is 0 Å². The molecule has 0 fully saturated rings. The van der Waals surface area contributed by atoms with Crippen LogP contribution in [-0.2, 0) is 6.54 Å². The number of hydrogen-bond acceptors (Lipinski definition) is 5. The third-order valence-corrected chi connectivity index (χ3v) is 4.68. The molecule has 0 aliphatic carbocycles. The van der Waals surface area contributed by atoms with Gasteiger partial charge in [0.2, 0.25) is 0 Å². The van der Waals surface area contributed by atoms with Gasteiger partial charge in [0.05, 0.1) is 17.8 Å². The van der Waals surface area contributed by atoms with E-state index in [-0.39, 0.29) is 0 Å². The topological polar surface area (TPSA) is 52.0 Å². The van der Waals surface area contributed by atoms with Crippen LogP contribution in [0.3, 0.4) is 0 Å². The molecule has 0 saturated heterocycles. The molecule has 0 amide bonds. The van der Waals surface area contributed by atoms with Gasteiger partial charge in [-0.25, -0.2) is 4.98 Å². The van der Waals surface area contributed by atoms with Gasteiger partial charge in [0.25, 0.3) is 0 Å². The summed E-state index contributed by atoms with van der Waals surface area (Å²) in [7, 11) is 0. The summed E-state index contributed by atoms with van der Waals surface area (Å²) in [4.78, 5) is 7.85. The number of nitrogens with one attached hydrogen (secondary N) is 1. The normalized spacial score (nSPS) is 10.2. The van der Waals surface area contributed by atoms with Crippen LogP contribution in [0, 0.1) is 11.3 Å². The van der Waals surface area contributed by atoms with Crippen molar-refractivity contribution < 1.29 is 0 Å². The molecule has 0 unspecified atom stereocenters. The van der Waals surface area contributed by atoms with Crippen LogP contribution in [0.4, 0.5) is 10.8 Å². The first-order valence-corrected chi connectivity index (χ1v) is 8.42. The lowest BCUT2D eigenvalue weighted by Gasteiger charge is -2.16. The highest BCUT2D eigenvalue weighted by molar-refractivity contribution is 9.10. The number of rotatable bonds is 6. The van der Waals surface area contributed by atoms with Crippen molar-refractivity contribution in [3.05, 3.63) is 39.3 Å². The van der Waals surface area contributed by atoms with E-state index in [0.29, 0.717) is 12.1 Å². The fourth-order valence-electron chi connectivity index (χ4n) is 1.96. The highest BCUT2D eigenvalue weighted by Gasteiger charge is 2.08. The van der Waals surface area contributed by atoms with Crippen LogP contribution in [0.1, 0.15) is 24.3 Å². The third-order valence-electron chi connectivity index (χ3n) is 3.13. The van der Waals surface area contributed by atoms with E-state index >= 15 is 0 Å². The van der Waals surface area contributed by atoms with Gasteiger partial charge in [-0.2, -0.15) is 5.26 Å². The van der Waals surface area contributed by atoms with Gasteiger partial charge in [-0.05, 0) is 32.0 Å². The van der Waals surface area contributed by atoms with Gasteiger partial charge in [-0.1, -0.05) is 15.9 Å². The molecule has 1 aromatic heterocycles. The number of anilines is 2. The van der Waals surface area contributed by atoms with E-state index in [0.717, 1.165) is 33.3 Å². The van der Waals surface area contributed by atoms with Gasteiger partial charge >= 0.3 is 0 Å². The highest BCUT2D eigenvalue weighted by Crippen LogP contribution is 2.25. The Morgan fingerprint density at radius 2 is 2.14 bits per heavy atom. The first kappa shape index (κ1) is 15.8. The van der Waals surface area contributed by atoms with Gasteiger partial charge in [0, 0.05) is 28.6 Å². The van der Waals surface area contributed by atoms with Gasteiger partial charge in [0.15, 0.2) is 5.13 Å². The lowest BCUT2D eigenvalue weighted by atomic mass is 10.2. The van der Waals surface area contributed by atoms with Gasteiger partial charge in [0.1, 0.15) is 6.07 Å². The fourth-order valence-corrected chi connectivity index (χ4v) is 3.30. The van der Waals surface area contributed by atoms with E-state index in [2.05, 4.69) is 51.0 Å². The van der Waals surface area contributed by atoms with E-state index in [1.807, 2.05) is 24.4 Å². The number of nitriles is 1. The molecule has 0 aliphatic heterocycles. The van der Waals surface area contributed by atoms with Gasteiger partial charge in [-0.3, -0.25) is 0 Å². The zero-order valence-corrected chi connectivity index (χ0v) is 14.5. The second-order valence-corrected chi connectivity index (χ2v) is 6.45. The molecule has 6 heteroatoms. The summed E-state index contributed by atoms with van der Waals surface area (Å²) in [5.74, 6) is 0. The predicted octanol–water partition coefficient (Wildman–Crippen LogP) is 4.24. The summed E-state index contributed by atoms with van der Waals surface area (Å²) < 4.78 is 0.909. The average molecular weight is 365 g/mol. The quantitative estimate of drug-likeness (QED) is 0.832. The van der Waals surface area contributed by atoms with Crippen molar-refractivity contribution in [2.75, 3.05) is 23.3 Å². The molecule has 1 heterocycles. The maximum Gasteiger partial charge on any atom is 0.185 e. The Labute approximate surface area is 137 Å². The van der Waals surface area contributed by atoms with Crippen LogP contribution in [0.2, 0.25) is 0 Å². The minimum Gasteiger partial charge on any atom is -0.379 e. The van der Waals surface area contributed by atoms with Crippen LogP contribution < -0.4 is 10.2 Å². The van der Waals surface area contributed by atoms with E-state index in [9.17, 15) is 0 Å². The molecule has 1 aromatic carbocycles. The van der Waals surface area contributed by atoms with Crippen LogP contribution in [-0.4, -0.2) is 18.1 Å². The molecule has 110 valence electrons. The summed E-state index contributed by atoms with van der Waals surface area (Å²) >= 11 is 5.06. The first-order chi connectivity index (χ1) is 10.2. The van der Waals surface area contributed by atoms with Crippen molar-refractivity contribution in [1.82, 2.24) is 4.98 Å². The molecular formula is C15H17BrN4S. The summed E-state index contributed by atoms with van der Waals surface area (Å²) in [6.45, 7) is 6.85. The minimum absolute atomic E-state index is 0.637. The van der Waals surface area contributed by atoms with Crippen LogP contribution in [0.15, 0.2) is 28.9 Å². The van der Waals surface area contributed by atoms with E-state index in [4.69, 9.17) is 5.26 Å². The number of thiazole rings is 1. The SMILES string of the molecule is CCN(CC)c1ncc(CNc2ccc(Br)cc2C#N)s1. The lowest BCUT2D eigenvalue weighted by molar-refractivity contribution is 0.860. The fraction of sp³-hybridized carbons (Fsp3) is 0.333. The number of aromatic nitrogens is 1. The first-order valence-electron chi connectivity index (χ1n) is 6.81. The zero-order chi connectivity index (χ0) is 15.2. The summed E-state index contributed by atoms with van der Waals surface area (Å²) in [5.41, 5.74) is 1.48. The van der Waals surface area contributed by atoms with E-state index in [1.54, 1.807) is 11.3 Å². The van der Waals surface area contributed by atoms with E-state index in [1.165, 1.54) is 0 Å². The second-order valence-electron chi connectivity index (χ2n) is 4.44. The van der Waals surface area contributed by atoms with Crippen molar-refractivity contribution in [2.45, 2.75) is 20.4 Å². The smallest absolute Gasteiger partial charge is 0.185 e. The summed E-state index contributed by atoms with van der Waals surface area (Å²) in [6.07, 6.45) is 1.90. The van der Waals surface area contributed by atoms with Crippen LogP contribution in [0.5, 0.6) is 0 Å². The summed E-state index contributed by atoms with van der Waals surface area (Å²) in [5, 5.41) is 13.5. The minimum atomic E-state index is 0.637. The predicted molar refractivity (Wildman–Crippen MR) is 91.9 cm³/mol. The molecule has 1 N–H and O–H groups in total. The standard InChI is InChI=1S/C15H17BrN4S/c1-3-20(4-2)15-19-10-13(21-15)9-18-14-6-5-12(16)7-11(14)8-17/h5-7,10,18H,3-4,9H2,1-2H3. The number of benzene rings is 1. The van der Waals surface area contributed by atoms with Crippen molar-refractivity contribution in [1.29, 1.82) is 5.26 Å². The Bertz CT molecular complexity index is 643. The largest absolute Gasteiger partial charge is 0.379 e. The molecule has 4 nitrogen and oxygen atoms in total. The highest BCUT2D eigenvalue weighted by atomic mass is 79.9. The zero-order valence-electron chi connectivity index (χ0n) is 12.1. The number of hydrogen-bond donors (Lipinski definition) is 1. The summed E-state index contributed by atoms with van der Waals surface area (Å²) in [6, 6.07) is 7.86. The Hall–Kier alpha value is -1.58. The molecule has 0 saturated carbocycles. The maximum atomic E-state index is 9.15. The molecule has 2 aromatic rings. The average Bonchev–Trinajstić information content (AvgIpc) is 2.96. The number of halogens is 1. The van der Waals surface area contributed by atoms with Crippen LogP contribution >= 0.6 is 27.3 Å². The molecular weight excluding hydrogens is 348 g/mol. The molecule has 0 bridgehead atoms. The Morgan fingerprint density at radius 3 is 2.81 bits per heavy atom. The number of nitrogens with zero attached hydrogens (tertiary/aromatic N) is 3. The van der Waals surface area contributed by atoms with Crippen molar-refractivity contribution >= 4 is 38.1 Å². The molecule has 21 heavy (non-hydrogen) atoms. The molecule has 0 radical (unpaired) electrons. The monoisotopic (exact) mass is 364 g/mol. The Morgan fingerprint density at radius 1 is 1.38 bits per heavy atom. The molecule has 0 aliphatic rings. The molecule has 0 atom stereocenters. The van der Waals surface area contributed by atoms with Crippen molar-refractivity contribution in [2.24, 2.45) is 0 Å². The molecule has 0 spiro atoms. The van der Waals surface area contributed by atoms with Crippen molar-refractivity contribution in [3.8, 4) is 6.07 Å². The molecule has 2 rings (SSSR count). The van der Waals surface area contributed by atoms with Gasteiger partial charge in [-0.15, -0.1) is 11.3 Å². The third kappa shape index (κ3) is 3.96.